The van der Waals surface area contributed by atoms with Crippen LogP contribution in [0.25, 0.3) is 0 Å². The summed E-state index contributed by atoms with van der Waals surface area (Å²) in [4.78, 5) is 0. The summed E-state index contributed by atoms with van der Waals surface area (Å²) in [5.74, 6) is 1.02. The molecule has 0 radical (unpaired) electrons. The van der Waals surface area contributed by atoms with Crippen molar-refractivity contribution in [3.05, 3.63) is 29.8 Å². The van der Waals surface area contributed by atoms with Gasteiger partial charge in [-0.2, -0.15) is 0 Å². The van der Waals surface area contributed by atoms with Gasteiger partial charge in [-0.05, 0) is 13.0 Å². The van der Waals surface area contributed by atoms with E-state index < -0.39 is 0 Å². The van der Waals surface area contributed by atoms with Gasteiger partial charge >= 0.3 is 0 Å². The van der Waals surface area contributed by atoms with Crippen LogP contribution < -0.4 is 10.1 Å². The molecule has 0 fully saturated rings. The van der Waals surface area contributed by atoms with Gasteiger partial charge in [-0.1, -0.05) is 18.2 Å². The third-order valence-electron chi connectivity index (χ3n) is 2.05. The Bertz CT molecular complexity index is 272. The molecule has 0 amide bonds. The Morgan fingerprint density at radius 3 is 3.17 bits per heavy atom. The van der Waals surface area contributed by atoms with Crippen LogP contribution in [0.5, 0.6) is 5.75 Å². The maximum absolute atomic E-state index is 5.69. The van der Waals surface area contributed by atoms with Gasteiger partial charge < -0.3 is 10.1 Å². The molecule has 1 aromatic carbocycles. The van der Waals surface area contributed by atoms with Gasteiger partial charge in [-0.3, -0.25) is 0 Å². The molecular weight excluding hydrogens is 150 g/mol. The third-order valence-corrected chi connectivity index (χ3v) is 2.05. The normalized spacial score (nSPS) is 22.2. The summed E-state index contributed by atoms with van der Waals surface area (Å²) in [6.07, 6.45) is 0.272. The fraction of sp³-hybridized carbons (Fsp3) is 0.400. The highest BCUT2D eigenvalue weighted by Crippen LogP contribution is 2.20. The summed E-state index contributed by atoms with van der Waals surface area (Å²) < 4.78 is 5.69. The van der Waals surface area contributed by atoms with E-state index in [0.29, 0.717) is 0 Å². The Labute approximate surface area is 72.5 Å². The predicted molar refractivity (Wildman–Crippen MR) is 48.2 cm³/mol. The lowest BCUT2D eigenvalue weighted by atomic mass is 10.2. The first-order valence-corrected chi connectivity index (χ1v) is 4.31. The summed E-state index contributed by atoms with van der Waals surface area (Å²) in [6, 6.07) is 8.18. The highest BCUT2D eigenvalue weighted by molar-refractivity contribution is 5.33. The van der Waals surface area contributed by atoms with Gasteiger partial charge in [0, 0.05) is 18.7 Å². The number of hydrogen-bond acceptors (Lipinski definition) is 2. The van der Waals surface area contributed by atoms with Gasteiger partial charge in [0.25, 0.3) is 0 Å². The van der Waals surface area contributed by atoms with Crippen LogP contribution in [0, 0.1) is 0 Å². The minimum atomic E-state index is 0.272. The first-order valence-electron chi connectivity index (χ1n) is 4.31. The molecule has 1 heterocycles. The Kier molecular flexibility index (Phi) is 2.00. The van der Waals surface area contributed by atoms with Crippen LogP contribution in [0.4, 0.5) is 0 Å². The Hall–Kier alpha value is -1.02. The fourth-order valence-electron chi connectivity index (χ4n) is 1.43. The number of benzene rings is 1. The van der Waals surface area contributed by atoms with E-state index in [1.807, 2.05) is 18.2 Å². The van der Waals surface area contributed by atoms with Crippen molar-refractivity contribution in [2.75, 3.05) is 6.54 Å². The van der Waals surface area contributed by atoms with Crippen LogP contribution in [0.2, 0.25) is 0 Å². The van der Waals surface area contributed by atoms with Gasteiger partial charge in [0.05, 0.1) is 0 Å². The lowest BCUT2D eigenvalue weighted by Gasteiger charge is -2.11. The molecule has 1 aliphatic rings. The molecule has 0 saturated heterocycles. The van der Waals surface area contributed by atoms with E-state index in [1.165, 1.54) is 5.56 Å². The summed E-state index contributed by atoms with van der Waals surface area (Å²) in [7, 11) is 0. The molecule has 2 nitrogen and oxygen atoms in total. The van der Waals surface area contributed by atoms with Gasteiger partial charge in [0.15, 0.2) is 0 Å². The first-order chi connectivity index (χ1) is 5.86. The smallest absolute Gasteiger partial charge is 0.124 e. The quantitative estimate of drug-likeness (QED) is 0.626. The number of fused-ring (bicyclic) bond motifs is 1. The van der Waals surface area contributed by atoms with Crippen molar-refractivity contribution in [3.8, 4) is 5.75 Å². The Morgan fingerprint density at radius 2 is 2.25 bits per heavy atom. The van der Waals surface area contributed by atoms with Crippen molar-refractivity contribution < 1.29 is 4.74 Å². The highest BCUT2D eigenvalue weighted by Gasteiger charge is 2.11. The second kappa shape index (κ2) is 3.15. The lowest BCUT2D eigenvalue weighted by Crippen LogP contribution is -2.24. The predicted octanol–water partition coefficient (Wildman–Crippen LogP) is 1.56. The second-order valence-electron chi connectivity index (χ2n) is 3.17. The van der Waals surface area contributed by atoms with E-state index in [1.54, 1.807) is 0 Å². The molecule has 0 saturated carbocycles. The maximum atomic E-state index is 5.69. The monoisotopic (exact) mass is 163 g/mol. The molecule has 1 N–H and O–H groups in total. The van der Waals surface area contributed by atoms with Crippen molar-refractivity contribution in [2.24, 2.45) is 0 Å². The molecule has 0 bridgehead atoms. The molecule has 0 spiro atoms. The zero-order valence-electron chi connectivity index (χ0n) is 7.21. The number of rotatable bonds is 0. The molecular formula is C10H13NO. The zero-order valence-corrected chi connectivity index (χ0v) is 7.21. The average Bonchev–Trinajstić information content (AvgIpc) is 2.25. The molecule has 1 aliphatic heterocycles. The van der Waals surface area contributed by atoms with E-state index in [2.05, 4.69) is 18.3 Å². The minimum absolute atomic E-state index is 0.272. The number of nitrogens with one attached hydrogen (secondary N) is 1. The van der Waals surface area contributed by atoms with E-state index in [0.717, 1.165) is 18.8 Å². The molecule has 2 heteroatoms. The minimum Gasteiger partial charge on any atom is -0.489 e. The molecule has 12 heavy (non-hydrogen) atoms. The number of para-hydroxylation sites is 1. The van der Waals surface area contributed by atoms with Crippen molar-refractivity contribution in [1.82, 2.24) is 5.32 Å². The van der Waals surface area contributed by atoms with Gasteiger partial charge in [-0.25, -0.2) is 0 Å². The van der Waals surface area contributed by atoms with Gasteiger partial charge in [0.2, 0.25) is 0 Å². The van der Waals surface area contributed by atoms with E-state index in [-0.39, 0.29) is 6.10 Å². The largest absolute Gasteiger partial charge is 0.489 e. The van der Waals surface area contributed by atoms with Crippen molar-refractivity contribution in [2.45, 2.75) is 19.6 Å². The highest BCUT2D eigenvalue weighted by atomic mass is 16.5. The maximum Gasteiger partial charge on any atom is 0.124 e. The van der Waals surface area contributed by atoms with Crippen LogP contribution >= 0.6 is 0 Å². The topological polar surface area (TPSA) is 21.3 Å². The number of hydrogen-bond donors (Lipinski definition) is 1. The van der Waals surface area contributed by atoms with Crippen LogP contribution in [0.3, 0.4) is 0 Å². The lowest BCUT2D eigenvalue weighted by molar-refractivity contribution is 0.226. The summed E-state index contributed by atoms with van der Waals surface area (Å²) in [5.41, 5.74) is 1.25. The number of ether oxygens (including phenoxy) is 1. The molecule has 64 valence electrons. The van der Waals surface area contributed by atoms with Crippen molar-refractivity contribution in [1.29, 1.82) is 0 Å². The summed E-state index contributed by atoms with van der Waals surface area (Å²) in [6.45, 7) is 3.92. The van der Waals surface area contributed by atoms with Gasteiger partial charge in [0.1, 0.15) is 11.9 Å². The van der Waals surface area contributed by atoms with E-state index in [9.17, 15) is 0 Å². The van der Waals surface area contributed by atoms with E-state index >= 15 is 0 Å². The zero-order chi connectivity index (χ0) is 8.39. The molecule has 0 aliphatic carbocycles. The van der Waals surface area contributed by atoms with Gasteiger partial charge in [-0.15, -0.1) is 0 Å². The van der Waals surface area contributed by atoms with Crippen molar-refractivity contribution in [3.63, 3.8) is 0 Å². The molecule has 0 aromatic heterocycles. The third kappa shape index (κ3) is 1.43. The SMILES string of the molecule is C[C@H]1CNCc2ccccc2O1. The molecule has 0 unspecified atom stereocenters. The van der Waals surface area contributed by atoms with E-state index in [4.69, 9.17) is 4.74 Å². The molecule has 2 rings (SSSR count). The molecule has 1 aromatic rings. The average molecular weight is 163 g/mol. The Morgan fingerprint density at radius 1 is 1.42 bits per heavy atom. The molecule has 1 atom stereocenters. The van der Waals surface area contributed by atoms with Crippen LogP contribution in [0.15, 0.2) is 24.3 Å². The Balaban J connectivity index is 2.31. The summed E-state index contributed by atoms with van der Waals surface area (Å²) >= 11 is 0. The van der Waals surface area contributed by atoms with Crippen LogP contribution in [-0.2, 0) is 6.54 Å². The second-order valence-corrected chi connectivity index (χ2v) is 3.17. The van der Waals surface area contributed by atoms with Crippen molar-refractivity contribution >= 4 is 0 Å². The van der Waals surface area contributed by atoms with Crippen LogP contribution in [0.1, 0.15) is 12.5 Å². The fourth-order valence-corrected chi connectivity index (χ4v) is 1.43. The van der Waals surface area contributed by atoms with Crippen LogP contribution in [-0.4, -0.2) is 12.6 Å². The first kappa shape index (κ1) is 7.62. The summed E-state index contributed by atoms with van der Waals surface area (Å²) in [5, 5.41) is 3.33. The standard InChI is InChI=1S/C10H13NO/c1-8-6-11-7-9-4-2-3-5-10(9)12-8/h2-5,8,11H,6-7H2,1H3/t8-/m0/s1.